The molecule has 0 aromatic heterocycles. The first-order chi connectivity index (χ1) is 15.6. The van der Waals surface area contributed by atoms with Crippen molar-refractivity contribution in [2.24, 2.45) is 15.4 Å². The van der Waals surface area contributed by atoms with Gasteiger partial charge in [-0.05, 0) is 42.2 Å². The molecule has 3 aromatic carbocycles. The maximum Gasteiger partial charge on any atom is 0.200 e. The number of ether oxygens (including phenoxy) is 2. The molecule has 0 radical (unpaired) electrons. The van der Waals surface area contributed by atoms with Gasteiger partial charge in [-0.25, -0.2) is 9.98 Å². The van der Waals surface area contributed by atoms with E-state index in [-0.39, 0.29) is 17.8 Å². The predicted octanol–water partition coefficient (Wildman–Crippen LogP) is 5.28. The lowest BCUT2D eigenvalue weighted by atomic mass is 9.82. The molecule has 0 fully saturated rings. The second-order valence-corrected chi connectivity index (χ2v) is 8.52. The molecule has 0 bridgehead atoms. The third kappa shape index (κ3) is 3.98. The molecule has 0 amide bonds. The molecule has 0 saturated carbocycles. The Morgan fingerprint density at radius 1 is 0.781 bits per heavy atom. The third-order valence-electron chi connectivity index (χ3n) is 6.08. The topological polar surface area (TPSA) is 63.4 Å². The van der Waals surface area contributed by atoms with Crippen LogP contribution >= 0.6 is 0 Å². The minimum absolute atomic E-state index is 0.0541. The zero-order chi connectivity index (χ0) is 22.0. The predicted molar refractivity (Wildman–Crippen MR) is 125 cm³/mol. The van der Waals surface area contributed by atoms with Crippen LogP contribution < -0.4 is 0 Å². The van der Waals surface area contributed by atoms with Gasteiger partial charge >= 0.3 is 0 Å². The van der Waals surface area contributed by atoms with Crippen LogP contribution in [0.25, 0.3) is 0 Å². The summed E-state index contributed by atoms with van der Waals surface area (Å²) < 4.78 is 12.3. The Balaban J connectivity index is 1.51. The fourth-order valence-electron chi connectivity index (χ4n) is 4.36. The van der Waals surface area contributed by atoms with Gasteiger partial charge in [-0.1, -0.05) is 72.8 Å². The molecule has 2 atom stereocenters. The maximum absolute atomic E-state index is 10.00. The summed E-state index contributed by atoms with van der Waals surface area (Å²) in [7, 11) is 0. The Kier molecular flexibility index (Phi) is 5.39. The van der Waals surface area contributed by atoms with Crippen LogP contribution in [0.2, 0.25) is 0 Å². The summed E-state index contributed by atoms with van der Waals surface area (Å²) in [6.45, 7) is 3.05. The van der Waals surface area contributed by atoms with E-state index in [1.54, 1.807) is 12.1 Å². The molecule has 5 heteroatoms. The molecule has 5 nitrogen and oxygen atoms in total. The fourth-order valence-corrected chi connectivity index (χ4v) is 4.36. The summed E-state index contributed by atoms with van der Waals surface area (Å²) in [6, 6.07) is 27.5. The zero-order valence-electron chi connectivity index (χ0n) is 18.0. The van der Waals surface area contributed by atoms with E-state index in [0.717, 1.165) is 16.7 Å². The number of phenols is 1. The van der Waals surface area contributed by atoms with Crippen LogP contribution in [-0.2, 0) is 15.9 Å². The van der Waals surface area contributed by atoms with Crippen molar-refractivity contribution in [3.05, 3.63) is 102 Å². The second-order valence-electron chi connectivity index (χ2n) is 8.52. The summed E-state index contributed by atoms with van der Waals surface area (Å²) in [5.41, 5.74) is 2.54. The van der Waals surface area contributed by atoms with Crippen LogP contribution in [0.15, 0.2) is 94.9 Å². The molecule has 0 aliphatic carbocycles. The van der Waals surface area contributed by atoms with Crippen LogP contribution in [0.5, 0.6) is 5.75 Å². The van der Waals surface area contributed by atoms with Gasteiger partial charge in [0.15, 0.2) is 11.8 Å². The van der Waals surface area contributed by atoms with E-state index in [4.69, 9.17) is 19.5 Å². The highest BCUT2D eigenvalue weighted by Crippen LogP contribution is 2.38. The lowest BCUT2D eigenvalue weighted by Crippen LogP contribution is -2.39. The normalized spacial score (nSPS) is 20.3. The average Bonchev–Trinajstić information content (AvgIpc) is 3.51. The van der Waals surface area contributed by atoms with E-state index in [0.29, 0.717) is 31.4 Å². The van der Waals surface area contributed by atoms with Crippen molar-refractivity contribution in [2.45, 2.75) is 25.4 Å². The summed E-state index contributed by atoms with van der Waals surface area (Å²) >= 11 is 0. The number of aromatic hydroxyl groups is 1. The Labute approximate surface area is 188 Å². The Morgan fingerprint density at radius 2 is 1.31 bits per heavy atom. The minimum Gasteiger partial charge on any atom is -0.508 e. The molecule has 3 aromatic rings. The summed E-state index contributed by atoms with van der Waals surface area (Å²) in [4.78, 5) is 9.92. The lowest BCUT2D eigenvalue weighted by molar-refractivity contribution is 0.257. The molecule has 162 valence electrons. The van der Waals surface area contributed by atoms with Crippen molar-refractivity contribution in [1.82, 2.24) is 0 Å². The van der Waals surface area contributed by atoms with Gasteiger partial charge in [0.05, 0.1) is 0 Å². The summed E-state index contributed by atoms with van der Waals surface area (Å²) in [5, 5.41) is 10.00. The van der Waals surface area contributed by atoms with Crippen LogP contribution in [0.4, 0.5) is 0 Å². The first-order valence-electron chi connectivity index (χ1n) is 10.9. The van der Waals surface area contributed by atoms with Crippen LogP contribution in [0.3, 0.4) is 0 Å². The second kappa shape index (κ2) is 8.50. The van der Waals surface area contributed by atoms with Crippen molar-refractivity contribution in [3.63, 3.8) is 0 Å². The molecule has 2 heterocycles. The van der Waals surface area contributed by atoms with E-state index in [1.807, 2.05) is 48.5 Å². The van der Waals surface area contributed by atoms with Crippen molar-refractivity contribution in [2.75, 3.05) is 13.2 Å². The highest BCUT2D eigenvalue weighted by Gasteiger charge is 2.45. The van der Waals surface area contributed by atoms with E-state index in [9.17, 15) is 5.11 Å². The SMILES string of the molecule is CC(Cc1cccc(O)c1)(C1=N[C@H](c2ccccc2)CO1)C1=N[C@H](c2ccccc2)CO1. The molecular formula is C27H26N2O3. The first kappa shape index (κ1) is 20.3. The third-order valence-corrected chi connectivity index (χ3v) is 6.08. The van der Waals surface area contributed by atoms with Gasteiger partial charge in [0.25, 0.3) is 0 Å². The van der Waals surface area contributed by atoms with E-state index in [1.165, 1.54) is 0 Å². The Morgan fingerprint density at radius 3 is 1.81 bits per heavy atom. The molecule has 5 rings (SSSR count). The largest absolute Gasteiger partial charge is 0.508 e. The maximum atomic E-state index is 10.00. The Hall–Kier alpha value is -3.60. The number of aliphatic imine (C=N–C) groups is 2. The van der Waals surface area contributed by atoms with Gasteiger partial charge in [0.1, 0.15) is 36.5 Å². The number of nitrogens with zero attached hydrogens (tertiary/aromatic N) is 2. The van der Waals surface area contributed by atoms with Gasteiger partial charge < -0.3 is 14.6 Å². The van der Waals surface area contributed by atoms with Crippen LogP contribution in [0, 0.1) is 5.41 Å². The van der Waals surface area contributed by atoms with E-state index < -0.39 is 5.41 Å². The molecule has 0 spiro atoms. The molecule has 32 heavy (non-hydrogen) atoms. The number of benzene rings is 3. The highest BCUT2D eigenvalue weighted by atomic mass is 16.5. The molecular weight excluding hydrogens is 400 g/mol. The van der Waals surface area contributed by atoms with E-state index in [2.05, 4.69) is 31.2 Å². The standard InChI is InChI=1S/C27H26N2O3/c1-27(16-19-9-8-14-22(30)15-19,25-28-23(17-31-25)20-10-4-2-5-11-20)26-29-24(18-32-26)21-12-6-3-7-13-21/h2-15,23-24,30H,16-18H2,1H3/t23-,24-/m0/s1. The monoisotopic (exact) mass is 426 g/mol. The molecule has 0 unspecified atom stereocenters. The average molecular weight is 427 g/mol. The summed E-state index contributed by atoms with van der Waals surface area (Å²) in [6.07, 6.45) is 0.558. The van der Waals surface area contributed by atoms with Crippen LogP contribution in [0.1, 0.15) is 35.7 Å². The Bertz CT molecular complexity index is 1080. The highest BCUT2D eigenvalue weighted by molar-refractivity contribution is 6.06. The molecule has 2 aliphatic rings. The lowest BCUT2D eigenvalue weighted by Gasteiger charge is -2.28. The fraction of sp³-hybridized carbons (Fsp3) is 0.259. The van der Waals surface area contributed by atoms with E-state index >= 15 is 0 Å². The van der Waals surface area contributed by atoms with Gasteiger partial charge in [-0.15, -0.1) is 0 Å². The van der Waals surface area contributed by atoms with Crippen molar-refractivity contribution >= 4 is 11.8 Å². The number of rotatable bonds is 6. The minimum atomic E-state index is -0.680. The van der Waals surface area contributed by atoms with Gasteiger partial charge in [-0.3, -0.25) is 0 Å². The quantitative estimate of drug-likeness (QED) is 0.583. The first-order valence-corrected chi connectivity index (χ1v) is 10.9. The number of hydrogen-bond acceptors (Lipinski definition) is 5. The van der Waals surface area contributed by atoms with Crippen molar-refractivity contribution < 1.29 is 14.6 Å². The van der Waals surface area contributed by atoms with Gasteiger partial charge in [0, 0.05) is 0 Å². The molecule has 1 N–H and O–H groups in total. The number of hydrogen-bond donors (Lipinski definition) is 1. The zero-order valence-corrected chi connectivity index (χ0v) is 18.0. The smallest absolute Gasteiger partial charge is 0.200 e. The van der Waals surface area contributed by atoms with Crippen LogP contribution in [-0.4, -0.2) is 30.1 Å². The number of phenolic OH excluding ortho intramolecular Hbond substituents is 1. The van der Waals surface area contributed by atoms with Crippen molar-refractivity contribution in [1.29, 1.82) is 0 Å². The molecule has 0 saturated heterocycles. The molecule has 2 aliphatic heterocycles. The summed E-state index contributed by atoms with van der Waals surface area (Å²) in [5.74, 6) is 1.49. The van der Waals surface area contributed by atoms with Gasteiger partial charge in [-0.2, -0.15) is 0 Å². The van der Waals surface area contributed by atoms with Gasteiger partial charge in [0.2, 0.25) is 0 Å². The van der Waals surface area contributed by atoms with Crippen molar-refractivity contribution in [3.8, 4) is 5.75 Å².